The number of aromatic nitrogens is 1. The van der Waals surface area contributed by atoms with E-state index in [-0.39, 0.29) is 6.10 Å². The number of nitrogens with zero attached hydrogens (tertiary/aromatic N) is 2. The fourth-order valence-electron chi connectivity index (χ4n) is 2.73. The number of pyridine rings is 1. The first-order chi connectivity index (χ1) is 8.74. The Balaban J connectivity index is 1.67. The summed E-state index contributed by atoms with van der Waals surface area (Å²) in [5, 5.41) is 9.49. The third-order valence-electron chi connectivity index (χ3n) is 3.89. The fourth-order valence-corrected chi connectivity index (χ4v) is 2.73. The van der Waals surface area contributed by atoms with Gasteiger partial charge >= 0.3 is 0 Å². The van der Waals surface area contributed by atoms with Crippen LogP contribution < -0.4 is 0 Å². The Kier molecular flexibility index (Phi) is 5.14. The molecule has 1 aliphatic rings. The molecule has 18 heavy (non-hydrogen) atoms. The Morgan fingerprint density at radius 1 is 1.33 bits per heavy atom. The highest BCUT2D eigenvalue weighted by Gasteiger charge is 2.20. The number of hydrogen-bond donors (Lipinski definition) is 1. The largest absolute Gasteiger partial charge is 0.393 e. The van der Waals surface area contributed by atoms with Crippen molar-refractivity contribution in [2.24, 2.45) is 5.92 Å². The lowest BCUT2D eigenvalue weighted by Crippen LogP contribution is -2.31. The van der Waals surface area contributed by atoms with E-state index in [1.807, 2.05) is 18.5 Å². The van der Waals surface area contributed by atoms with Gasteiger partial charge in [-0.1, -0.05) is 6.07 Å². The molecule has 0 radical (unpaired) electrons. The van der Waals surface area contributed by atoms with Crippen LogP contribution in [0.5, 0.6) is 0 Å². The third-order valence-corrected chi connectivity index (χ3v) is 3.89. The van der Waals surface area contributed by atoms with Crippen molar-refractivity contribution < 1.29 is 5.11 Å². The zero-order valence-electron chi connectivity index (χ0n) is 11.3. The second-order valence-electron chi connectivity index (χ2n) is 5.55. The van der Waals surface area contributed by atoms with Crippen molar-refractivity contribution >= 4 is 0 Å². The molecule has 1 fully saturated rings. The molecule has 0 bridgehead atoms. The van der Waals surface area contributed by atoms with Gasteiger partial charge in [-0.3, -0.25) is 4.98 Å². The van der Waals surface area contributed by atoms with Gasteiger partial charge in [0.15, 0.2) is 0 Å². The Bertz CT molecular complexity index is 334. The average Bonchev–Trinajstić information content (AvgIpc) is 2.40. The summed E-state index contributed by atoms with van der Waals surface area (Å²) in [4.78, 5) is 6.55. The summed E-state index contributed by atoms with van der Waals surface area (Å²) in [6.45, 7) is 2.25. The lowest BCUT2D eigenvalue weighted by atomic mass is 9.87. The maximum absolute atomic E-state index is 9.49. The Labute approximate surface area is 110 Å². The molecular weight excluding hydrogens is 224 g/mol. The predicted molar refractivity (Wildman–Crippen MR) is 73.4 cm³/mol. The maximum atomic E-state index is 9.49. The standard InChI is InChI=1S/C15H24N2O/c1-17(10-8-13-3-2-9-16-11-13)12-14-4-6-15(18)7-5-14/h2-3,9,11,14-15,18H,4-8,10,12H2,1H3. The van der Waals surface area contributed by atoms with E-state index in [4.69, 9.17) is 0 Å². The zero-order valence-corrected chi connectivity index (χ0v) is 11.3. The molecule has 1 aromatic rings. The summed E-state index contributed by atoms with van der Waals surface area (Å²) in [5.74, 6) is 0.771. The number of aliphatic hydroxyl groups is 1. The van der Waals surface area contributed by atoms with Crippen LogP contribution in [0.1, 0.15) is 31.2 Å². The SMILES string of the molecule is CN(CCc1cccnc1)CC1CCC(O)CC1. The first-order valence-electron chi connectivity index (χ1n) is 6.99. The summed E-state index contributed by atoms with van der Waals surface area (Å²) in [7, 11) is 2.20. The molecule has 1 N–H and O–H groups in total. The lowest BCUT2D eigenvalue weighted by Gasteiger charge is -2.29. The van der Waals surface area contributed by atoms with Gasteiger partial charge in [0, 0.05) is 25.5 Å². The third kappa shape index (κ3) is 4.39. The molecule has 1 aliphatic carbocycles. The number of hydrogen-bond acceptors (Lipinski definition) is 3. The van der Waals surface area contributed by atoms with Gasteiger partial charge in [-0.05, 0) is 56.7 Å². The Hall–Kier alpha value is -0.930. The Morgan fingerprint density at radius 3 is 2.78 bits per heavy atom. The number of likely N-dealkylation sites (N-methyl/N-ethyl adjacent to an activating group) is 1. The predicted octanol–water partition coefficient (Wildman–Crippen LogP) is 2.11. The Morgan fingerprint density at radius 2 is 2.11 bits per heavy atom. The van der Waals surface area contributed by atoms with Gasteiger partial charge in [-0.25, -0.2) is 0 Å². The average molecular weight is 248 g/mol. The van der Waals surface area contributed by atoms with Crippen LogP contribution in [0.15, 0.2) is 24.5 Å². The quantitative estimate of drug-likeness (QED) is 0.867. The molecule has 1 aromatic heterocycles. The van der Waals surface area contributed by atoms with E-state index in [0.29, 0.717) is 0 Å². The van der Waals surface area contributed by atoms with Crippen molar-refractivity contribution in [1.29, 1.82) is 0 Å². The summed E-state index contributed by atoms with van der Waals surface area (Å²) in [6.07, 6.45) is 9.13. The molecule has 2 rings (SSSR count). The topological polar surface area (TPSA) is 36.4 Å². The smallest absolute Gasteiger partial charge is 0.0540 e. The zero-order chi connectivity index (χ0) is 12.8. The van der Waals surface area contributed by atoms with Gasteiger partial charge < -0.3 is 10.0 Å². The molecule has 0 saturated heterocycles. The maximum Gasteiger partial charge on any atom is 0.0540 e. The van der Waals surface area contributed by atoms with Crippen molar-refractivity contribution in [2.75, 3.05) is 20.1 Å². The molecule has 3 heteroatoms. The fraction of sp³-hybridized carbons (Fsp3) is 0.667. The van der Waals surface area contributed by atoms with Crippen LogP contribution in [0.3, 0.4) is 0 Å². The van der Waals surface area contributed by atoms with Crippen molar-refractivity contribution in [1.82, 2.24) is 9.88 Å². The minimum Gasteiger partial charge on any atom is -0.393 e. The molecular formula is C15H24N2O. The van der Waals surface area contributed by atoms with Crippen molar-refractivity contribution in [3.05, 3.63) is 30.1 Å². The van der Waals surface area contributed by atoms with Gasteiger partial charge in [0.1, 0.15) is 0 Å². The molecule has 100 valence electrons. The molecule has 1 heterocycles. The van der Waals surface area contributed by atoms with Gasteiger partial charge in [-0.2, -0.15) is 0 Å². The molecule has 0 spiro atoms. The summed E-state index contributed by atoms with van der Waals surface area (Å²) >= 11 is 0. The molecule has 0 aliphatic heterocycles. The van der Waals surface area contributed by atoms with Gasteiger partial charge in [0.25, 0.3) is 0 Å². The van der Waals surface area contributed by atoms with Gasteiger partial charge in [0.2, 0.25) is 0 Å². The molecule has 0 amide bonds. The van der Waals surface area contributed by atoms with Crippen LogP contribution in [-0.4, -0.2) is 41.2 Å². The molecule has 1 saturated carbocycles. The second-order valence-corrected chi connectivity index (χ2v) is 5.55. The van der Waals surface area contributed by atoms with Crippen LogP contribution in [0.2, 0.25) is 0 Å². The van der Waals surface area contributed by atoms with Gasteiger partial charge in [-0.15, -0.1) is 0 Å². The lowest BCUT2D eigenvalue weighted by molar-refractivity contribution is 0.0978. The molecule has 3 nitrogen and oxygen atoms in total. The second kappa shape index (κ2) is 6.86. The first kappa shape index (κ1) is 13.5. The van der Waals surface area contributed by atoms with Crippen LogP contribution >= 0.6 is 0 Å². The molecule has 0 unspecified atom stereocenters. The van der Waals surface area contributed by atoms with Crippen molar-refractivity contribution in [3.8, 4) is 0 Å². The van der Waals surface area contributed by atoms with E-state index in [0.717, 1.165) is 38.3 Å². The van der Waals surface area contributed by atoms with Crippen LogP contribution in [-0.2, 0) is 6.42 Å². The summed E-state index contributed by atoms with van der Waals surface area (Å²) in [5.41, 5.74) is 1.31. The monoisotopic (exact) mass is 248 g/mol. The summed E-state index contributed by atoms with van der Waals surface area (Å²) in [6, 6.07) is 4.13. The number of rotatable bonds is 5. The molecule has 0 aromatic carbocycles. The highest BCUT2D eigenvalue weighted by Crippen LogP contribution is 2.24. The van der Waals surface area contributed by atoms with E-state index < -0.39 is 0 Å². The normalized spacial score (nSPS) is 24.4. The van der Waals surface area contributed by atoms with E-state index >= 15 is 0 Å². The highest BCUT2D eigenvalue weighted by atomic mass is 16.3. The van der Waals surface area contributed by atoms with Crippen LogP contribution in [0.25, 0.3) is 0 Å². The van der Waals surface area contributed by atoms with Crippen molar-refractivity contribution in [3.63, 3.8) is 0 Å². The minimum absolute atomic E-state index is 0.0399. The molecule has 0 atom stereocenters. The highest BCUT2D eigenvalue weighted by molar-refractivity contribution is 5.08. The number of aliphatic hydroxyl groups excluding tert-OH is 1. The van der Waals surface area contributed by atoms with Crippen molar-refractivity contribution in [2.45, 2.75) is 38.2 Å². The van der Waals surface area contributed by atoms with Crippen LogP contribution in [0, 0.1) is 5.92 Å². The van der Waals surface area contributed by atoms with E-state index in [9.17, 15) is 5.11 Å². The van der Waals surface area contributed by atoms with E-state index in [2.05, 4.69) is 23.0 Å². The van der Waals surface area contributed by atoms with Gasteiger partial charge in [0.05, 0.1) is 6.10 Å². The first-order valence-corrected chi connectivity index (χ1v) is 6.99. The van der Waals surface area contributed by atoms with E-state index in [1.54, 1.807) is 0 Å². The minimum atomic E-state index is -0.0399. The summed E-state index contributed by atoms with van der Waals surface area (Å²) < 4.78 is 0. The van der Waals surface area contributed by atoms with Crippen LogP contribution in [0.4, 0.5) is 0 Å². The van der Waals surface area contributed by atoms with E-state index in [1.165, 1.54) is 18.4 Å².